The van der Waals surface area contributed by atoms with Gasteiger partial charge in [0.25, 0.3) is 0 Å². The predicted octanol–water partition coefficient (Wildman–Crippen LogP) is 2.85. The molecule has 2 aromatic rings. The lowest BCUT2D eigenvalue weighted by atomic mass is 10.1. The molecule has 0 saturated carbocycles. The second-order valence-electron chi connectivity index (χ2n) is 6.70. The summed E-state index contributed by atoms with van der Waals surface area (Å²) in [5.74, 6) is 0.124. The van der Waals surface area contributed by atoms with Gasteiger partial charge in [-0.25, -0.2) is 8.42 Å². The van der Waals surface area contributed by atoms with Crippen LogP contribution in [-0.2, 0) is 16.4 Å². The normalized spacial score (nSPS) is 13.3. The molecule has 2 rings (SSSR count). The fourth-order valence-corrected chi connectivity index (χ4v) is 4.24. The Bertz CT molecular complexity index is 773. The van der Waals surface area contributed by atoms with Crippen molar-refractivity contribution in [3.8, 4) is 5.75 Å². The van der Waals surface area contributed by atoms with Crippen molar-refractivity contribution in [2.24, 2.45) is 5.92 Å². The second-order valence-corrected chi connectivity index (χ2v) is 8.64. The molecule has 1 radical (unpaired) electrons. The summed E-state index contributed by atoms with van der Waals surface area (Å²) in [7, 11) is -3.75. The Morgan fingerprint density at radius 2 is 1.62 bits per heavy atom. The van der Waals surface area contributed by atoms with E-state index in [2.05, 4.69) is 0 Å². The first kappa shape index (κ1) is 20.4. The highest BCUT2D eigenvalue weighted by Gasteiger charge is 2.27. The van der Waals surface area contributed by atoms with E-state index in [4.69, 9.17) is 0 Å². The highest BCUT2D eigenvalue weighted by Crippen LogP contribution is 2.20. The number of nitrogens with zero attached hydrogens (tertiary/aromatic N) is 1. The van der Waals surface area contributed by atoms with Crippen LogP contribution in [0.2, 0.25) is 0 Å². The number of sulfonamides is 1. The summed E-state index contributed by atoms with van der Waals surface area (Å²) in [5, 5.41) is 19.7. The van der Waals surface area contributed by atoms with Crippen LogP contribution in [-0.4, -0.2) is 42.1 Å². The van der Waals surface area contributed by atoms with E-state index in [0.29, 0.717) is 13.0 Å². The zero-order chi connectivity index (χ0) is 19.2. The molecule has 0 fully saturated rings. The third-order valence-corrected chi connectivity index (χ3v) is 5.75. The van der Waals surface area contributed by atoms with Crippen molar-refractivity contribution in [3.63, 3.8) is 0 Å². The zero-order valence-electron chi connectivity index (χ0n) is 15.1. The Morgan fingerprint density at radius 3 is 2.19 bits per heavy atom. The van der Waals surface area contributed by atoms with E-state index in [1.165, 1.54) is 28.6 Å². The Balaban J connectivity index is 2.09. The minimum Gasteiger partial charge on any atom is -0.508 e. The molecule has 26 heavy (non-hydrogen) atoms. The number of phenols is 1. The molecular formula is C20H26NO4S. The van der Waals surface area contributed by atoms with E-state index >= 15 is 0 Å². The number of rotatable bonds is 9. The molecule has 0 aliphatic carbocycles. The maximum absolute atomic E-state index is 12.9. The summed E-state index contributed by atoms with van der Waals surface area (Å²) in [4.78, 5) is 0.103. The Labute approximate surface area is 156 Å². The Morgan fingerprint density at radius 1 is 1.00 bits per heavy atom. The van der Waals surface area contributed by atoms with Crippen LogP contribution >= 0.6 is 0 Å². The molecule has 2 N–H and O–H groups in total. The van der Waals surface area contributed by atoms with Gasteiger partial charge in [-0.3, -0.25) is 0 Å². The first-order valence-electron chi connectivity index (χ1n) is 8.63. The molecule has 2 aromatic carbocycles. The van der Waals surface area contributed by atoms with E-state index in [9.17, 15) is 18.6 Å². The maximum atomic E-state index is 12.9. The summed E-state index contributed by atoms with van der Waals surface area (Å²) in [6.07, 6.45) is 1.41. The summed E-state index contributed by atoms with van der Waals surface area (Å²) in [6.45, 7) is 4.16. The standard InChI is InChI=1S/C20H26NO4S/c1-16(2)14-21(26(24,25)20-12-10-18(22)11-13-20)15-19(23)9-8-17-6-4-3-5-7-17/h3-7,9-13,16,19,22-23H,8,14-15H2,1-2H3/t19-/m1/s1. The summed E-state index contributed by atoms with van der Waals surface area (Å²) >= 11 is 0. The highest BCUT2D eigenvalue weighted by atomic mass is 32.2. The van der Waals surface area contributed by atoms with Gasteiger partial charge in [-0.2, -0.15) is 4.31 Å². The van der Waals surface area contributed by atoms with Crippen LogP contribution in [0.15, 0.2) is 59.5 Å². The lowest BCUT2D eigenvalue weighted by molar-refractivity contribution is 0.167. The molecule has 0 saturated heterocycles. The highest BCUT2D eigenvalue weighted by molar-refractivity contribution is 7.89. The molecule has 0 spiro atoms. The smallest absolute Gasteiger partial charge is 0.243 e. The largest absolute Gasteiger partial charge is 0.508 e. The Hall–Kier alpha value is -1.89. The number of benzene rings is 2. The predicted molar refractivity (Wildman–Crippen MR) is 102 cm³/mol. The quantitative estimate of drug-likeness (QED) is 0.705. The van der Waals surface area contributed by atoms with Gasteiger partial charge in [0.2, 0.25) is 10.0 Å². The van der Waals surface area contributed by atoms with Gasteiger partial charge in [0.15, 0.2) is 0 Å². The second kappa shape index (κ2) is 9.16. The lowest BCUT2D eigenvalue weighted by Gasteiger charge is -2.26. The third kappa shape index (κ3) is 5.83. The van der Waals surface area contributed by atoms with Crippen LogP contribution in [0.25, 0.3) is 0 Å². The van der Waals surface area contributed by atoms with Gasteiger partial charge in [0.1, 0.15) is 5.75 Å². The summed E-state index contributed by atoms with van der Waals surface area (Å²) in [6, 6.07) is 15.1. The van der Waals surface area contributed by atoms with Gasteiger partial charge in [-0.15, -0.1) is 0 Å². The lowest BCUT2D eigenvalue weighted by Crippen LogP contribution is -2.40. The number of aliphatic hydroxyl groups excluding tert-OH is 1. The van der Waals surface area contributed by atoms with Gasteiger partial charge >= 0.3 is 0 Å². The van der Waals surface area contributed by atoms with Crippen molar-refractivity contribution in [3.05, 3.63) is 66.6 Å². The molecule has 0 unspecified atom stereocenters. The number of hydrogen-bond acceptors (Lipinski definition) is 4. The van der Waals surface area contributed by atoms with Crippen LogP contribution in [0, 0.1) is 12.3 Å². The number of hydrogen-bond donors (Lipinski definition) is 2. The van der Waals surface area contributed by atoms with Crippen LogP contribution < -0.4 is 0 Å². The molecule has 0 heterocycles. The third-order valence-electron chi connectivity index (χ3n) is 3.90. The Kier molecular flexibility index (Phi) is 7.20. The van der Waals surface area contributed by atoms with Crippen molar-refractivity contribution in [1.82, 2.24) is 4.31 Å². The van der Waals surface area contributed by atoms with E-state index in [1.807, 2.05) is 44.2 Å². The van der Waals surface area contributed by atoms with Gasteiger partial charge in [-0.1, -0.05) is 44.2 Å². The van der Waals surface area contributed by atoms with Gasteiger partial charge in [0, 0.05) is 13.1 Å². The van der Waals surface area contributed by atoms with E-state index in [1.54, 1.807) is 6.42 Å². The molecule has 0 bridgehead atoms. The SMILES string of the molecule is CC(C)CN(C[C@H](O)[CH]Cc1ccccc1)S(=O)(=O)c1ccc(O)cc1. The van der Waals surface area contributed by atoms with E-state index in [0.717, 1.165) is 5.56 Å². The zero-order valence-corrected chi connectivity index (χ0v) is 15.9. The first-order chi connectivity index (χ1) is 12.3. The minimum absolute atomic E-state index is 0.00573. The van der Waals surface area contributed by atoms with Crippen molar-refractivity contribution in [2.75, 3.05) is 13.1 Å². The molecule has 0 aliphatic heterocycles. The van der Waals surface area contributed by atoms with Crippen molar-refractivity contribution >= 4 is 10.0 Å². The molecule has 1 atom stereocenters. The molecule has 0 aliphatic rings. The fourth-order valence-electron chi connectivity index (χ4n) is 2.61. The van der Waals surface area contributed by atoms with Gasteiger partial charge in [0.05, 0.1) is 11.0 Å². The summed E-state index contributed by atoms with van der Waals surface area (Å²) < 4.78 is 27.1. The monoisotopic (exact) mass is 376 g/mol. The number of aliphatic hydroxyl groups is 1. The van der Waals surface area contributed by atoms with Crippen LogP contribution in [0.5, 0.6) is 5.75 Å². The average molecular weight is 376 g/mol. The molecular weight excluding hydrogens is 350 g/mol. The van der Waals surface area contributed by atoms with Crippen LogP contribution in [0.3, 0.4) is 0 Å². The topological polar surface area (TPSA) is 77.8 Å². The summed E-state index contributed by atoms with van der Waals surface area (Å²) in [5.41, 5.74) is 1.06. The van der Waals surface area contributed by atoms with Crippen molar-refractivity contribution in [1.29, 1.82) is 0 Å². The molecule has 0 amide bonds. The van der Waals surface area contributed by atoms with E-state index in [-0.39, 0.29) is 23.1 Å². The average Bonchev–Trinajstić information content (AvgIpc) is 2.60. The van der Waals surface area contributed by atoms with Gasteiger partial charge < -0.3 is 10.2 Å². The van der Waals surface area contributed by atoms with Crippen LogP contribution in [0.4, 0.5) is 0 Å². The fraction of sp³-hybridized carbons (Fsp3) is 0.350. The van der Waals surface area contributed by atoms with Crippen molar-refractivity contribution in [2.45, 2.75) is 31.3 Å². The minimum atomic E-state index is -3.75. The van der Waals surface area contributed by atoms with Crippen molar-refractivity contribution < 1.29 is 18.6 Å². The number of aromatic hydroxyl groups is 1. The molecule has 0 aromatic heterocycles. The van der Waals surface area contributed by atoms with Crippen LogP contribution in [0.1, 0.15) is 19.4 Å². The first-order valence-corrected chi connectivity index (χ1v) is 10.1. The van der Waals surface area contributed by atoms with Gasteiger partial charge in [-0.05, 0) is 48.6 Å². The molecule has 141 valence electrons. The molecule has 5 nitrogen and oxygen atoms in total. The van der Waals surface area contributed by atoms with E-state index < -0.39 is 16.1 Å². The number of phenolic OH excluding ortho intramolecular Hbond substituents is 1. The molecule has 6 heteroatoms. The maximum Gasteiger partial charge on any atom is 0.243 e.